The first-order valence-electron chi connectivity index (χ1n) is 10.1. The summed E-state index contributed by atoms with van der Waals surface area (Å²) in [6.45, 7) is 0.474. The minimum Gasteiger partial charge on any atom is -0.482 e. The number of rotatable bonds is 5. The van der Waals surface area contributed by atoms with E-state index in [1.165, 1.54) is 16.4 Å². The van der Waals surface area contributed by atoms with Crippen LogP contribution in [-0.2, 0) is 14.8 Å². The maximum Gasteiger partial charge on any atom is 0.319 e. The summed E-state index contributed by atoms with van der Waals surface area (Å²) in [7, 11) is -3.81. The van der Waals surface area contributed by atoms with Crippen molar-refractivity contribution in [1.29, 1.82) is 0 Å². The molecule has 0 aromatic heterocycles. The predicted octanol–water partition coefficient (Wildman–Crippen LogP) is 2.38. The molecule has 2 aliphatic rings. The number of para-hydroxylation sites is 1. The number of anilines is 2. The van der Waals surface area contributed by atoms with Gasteiger partial charge in [-0.25, -0.2) is 13.2 Å². The summed E-state index contributed by atoms with van der Waals surface area (Å²) in [6, 6.07) is 12.7. The lowest BCUT2D eigenvalue weighted by Crippen LogP contribution is -2.49. The van der Waals surface area contributed by atoms with Gasteiger partial charge in [0.25, 0.3) is 5.91 Å². The Bertz CT molecular complexity index is 1070. The van der Waals surface area contributed by atoms with Crippen LogP contribution in [0.1, 0.15) is 19.3 Å². The predicted molar refractivity (Wildman–Crippen MR) is 116 cm³/mol. The van der Waals surface area contributed by atoms with Crippen LogP contribution in [0.3, 0.4) is 0 Å². The fourth-order valence-corrected chi connectivity index (χ4v) is 5.48. The van der Waals surface area contributed by atoms with E-state index in [2.05, 4.69) is 16.0 Å². The minimum absolute atomic E-state index is 0.0812. The van der Waals surface area contributed by atoms with Crippen molar-refractivity contribution >= 4 is 33.3 Å². The van der Waals surface area contributed by atoms with Crippen LogP contribution in [0.25, 0.3) is 0 Å². The number of benzene rings is 2. The van der Waals surface area contributed by atoms with Crippen molar-refractivity contribution in [1.82, 2.24) is 9.62 Å². The lowest BCUT2D eigenvalue weighted by molar-refractivity contribution is -0.118. The van der Waals surface area contributed by atoms with Crippen molar-refractivity contribution in [3.8, 4) is 5.75 Å². The molecule has 1 atom stereocenters. The number of fused-ring (bicyclic) bond motifs is 1. The van der Waals surface area contributed by atoms with Gasteiger partial charge < -0.3 is 20.7 Å². The number of hydrogen-bond acceptors (Lipinski definition) is 5. The van der Waals surface area contributed by atoms with Crippen molar-refractivity contribution in [2.24, 2.45) is 0 Å². The van der Waals surface area contributed by atoms with E-state index in [4.69, 9.17) is 4.74 Å². The largest absolute Gasteiger partial charge is 0.482 e. The highest BCUT2D eigenvalue weighted by atomic mass is 32.2. The van der Waals surface area contributed by atoms with Crippen molar-refractivity contribution in [3.63, 3.8) is 0 Å². The zero-order valence-electron chi connectivity index (χ0n) is 16.8. The summed E-state index contributed by atoms with van der Waals surface area (Å²) in [5.41, 5.74) is 0.998. The molecule has 3 N–H and O–H groups in total. The first-order chi connectivity index (χ1) is 14.9. The molecule has 1 fully saturated rings. The molecule has 3 amide bonds. The van der Waals surface area contributed by atoms with Crippen LogP contribution >= 0.6 is 0 Å². The Balaban J connectivity index is 1.47. The third-order valence-electron chi connectivity index (χ3n) is 5.29. The fourth-order valence-electron chi connectivity index (χ4n) is 3.76. The second-order valence-corrected chi connectivity index (χ2v) is 9.35. The van der Waals surface area contributed by atoms with E-state index < -0.39 is 10.0 Å². The van der Waals surface area contributed by atoms with Gasteiger partial charge in [-0.3, -0.25) is 4.79 Å². The topological polar surface area (TPSA) is 117 Å². The Morgan fingerprint density at radius 1 is 1.16 bits per heavy atom. The molecule has 1 unspecified atom stereocenters. The van der Waals surface area contributed by atoms with E-state index in [0.717, 1.165) is 12.8 Å². The molecule has 2 heterocycles. The van der Waals surface area contributed by atoms with Gasteiger partial charge in [0.2, 0.25) is 10.0 Å². The molecule has 2 aliphatic heterocycles. The number of urea groups is 1. The van der Waals surface area contributed by atoms with Crippen LogP contribution in [0, 0.1) is 0 Å². The number of carbonyl (C=O) groups excluding carboxylic acids is 2. The van der Waals surface area contributed by atoms with E-state index >= 15 is 0 Å². The highest BCUT2D eigenvalue weighted by molar-refractivity contribution is 7.89. The van der Waals surface area contributed by atoms with Crippen LogP contribution in [0.5, 0.6) is 5.75 Å². The molecule has 0 bridgehead atoms. The third-order valence-corrected chi connectivity index (χ3v) is 7.24. The Morgan fingerprint density at radius 3 is 2.77 bits per heavy atom. The van der Waals surface area contributed by atoms with Crippen LogP contribution < -0.4 is 20.7 Å². The summed E-state index contributed by atoms with van der Waals surface area (Å²) in [4.78, 5) is 23.9. The highest BCUT2D eigenvalue weighted by Crippen LogP contribution is 2.32. The van der Waals surface area contributed by atoms with E-state index in [0.29, 0.717) is 30.1 Å². The molecule has 0 spiro atoms. The van der Waals surface area contributed by atoms with Gasteiger partial charge in [-0.15, -0.1) is 0 Å². The van der Waals surface area contributed by atoms with E-state index in [9.17, 15) is 18.0 Å². The molecule has 2 aromatic rings. The Labute approximate surface area is 180 Å². The van der Waals surface area contributed by atoms with Crippen molar-refractivity contribution in [3.05, 3.63) is 48.5 Å². The Hall–Kier alpha value is -3.11. The maximum atomic E-state index is 13.3. The highest BCUT2D eigenvalue weighted by Gasteiger charge is 2.34. The van der Waals surface area contributed by atoms with E-state index in [-0.39, 0.29) is 36.0 Å². The molecule has 164 valence electrons. The second kappa shape index (κ2) is 8.94. The van der Waals surface area contributed by atoms with Crippen LogP contribution in [-0.4, -0.2) is 50.4 Å². The molecule has 0 radical (unpaired) electrons. The summed E-state index contributed by atoms with van der Waals surface area (Å²) in [5.74, 6) is 0.111. The zero-order chi connectivity index (χ0) is 21.8. The molecule has 2 aromatic carbocycles. The quantitative estimate of drug-likeness (QED) is 0.655. The molecule has 0 saturated carbocycles. The number of piperidine rings is 1. The number of sulfonamides is 1. The molecule has 1 saturated heterocycles. The van der Waals surface area contributed by atoms with Crippen molar-refractivity contribution in [2.75, 3.05) is 30.3 Å². The summed E-state index contributed by atoms with van der Waals surface area (Å²) >= 11 is 0. The van der Waals surface area contributed by atoms with Gasteiger partial charge in [0.05, 0.1) is 10.6 Å². The number of nitrogens with zero attached hydrogens (tertiary/aromatic N) is 1. The van der Waals surface area contributed by atoms with Gasteiger partial charge in [-0.05, 0) is 43.2 Å². The smallest absolute Gasteiger partial charge is 0.319 e. The minimum atomic E-state index is -3.81. The van der Waals surface area contributed by atoms with Crippen LogP contribution in [0.2, 0.25) is 0 Å². The fraction of sp³-hybridized carbons (Fsp3) is 0.333. The number of nitrogens with one attached hydrogen (secondary N) is 3. The van der Waals surface area contributed by atoms with Gasteiger partial charge in [0.1, 0.15) is 5.75 Å². The average Bonchev–Trinajstić information content (AvgIpc) is 2.78. The van der Waals surface area contributed by atoms with Crippen LogP contribution in [0.15, 0.2) is 53.4 Å². The van der Waals surface area contributed by atoms with Crippen LogP contribution in [0.4, 0.5) is 16.2 Å². The maximum absolute atomic E-state index is 13.3. The summed E-state index contributed by atoms with van der Waals surface area (Å²) in [6.07, 6.45) is 2.28. The molecule has 4 rings (SSSR count). The van der Waals surface area contributed by atoms with Crippen molar-refractivity contribution < 1.29 is 22.7 Å². The van der Waals surface area contributed by atoms with Gasteiger partial charge in [-0.1, -0.05) is 24.6 Å². The Kier molecular flexibility index (Phi) is 6.10. The number of amides is 3. The number of carbonyl (C=O) groups is 2. The van der Waals surface area contributed by atoms with Gasteiger partial charge in [-0.2, -0.15) is 4.31 Å². The molecular weight excluding hydrogens is 420 g/mol. The lowest BCUT2D eigenvalue weighted by atomic mass is 10.1. The normalized spacial score (nSPS) is 19.0. The van der Waals surface area contributed by atoms with Gasteiger partial charge in [0, 0.05) is 24.8 Å². The van der Waals surface area contributed by atoms with Gasteiger partial charge >= 0.3 is 6.03 Å². The number of hydrogen-bond donors (Lipinski definition) is 3. The van der Waals surface area contributed by atoms with E-state index in [1.54, 1.807) is 18.2 Å². The molecule has 0 aliphatic carbocycles. The molecule has 9 nitrogen and oxygen atoms in total. The van der Waals surface area contributed by atoms with E-state index in [1.807, 2.05) is 18.2 Å². The molecule has 10 heteroatoms. The summed E-state index contributed by atoms with van der Waals surface area (Å²) < 4.78 is 33.4. The first kappa shape index (κ1) is 21.1. The molecular formula is C21H24N4O5S. The SMILES string of the molecule is O=C1COc2ccc(S(=O)(=O)N3CCCCC3CNC(=O)Nc3ccccc3)cc2N1. The lowest BCUT2D eigenvalue weighted by Gasteiger charge is -2.35. The zero-order valence-corrected chi connectivity index (χ0v) is 17.7. The van der Waals surface area contributed by atoms with Crippen molar-refractivity contribution in [2.45, 2.75) is 30.2 Å². The first-order valence-corrected chi connectivity index (χ1v) is 11.6. The third kappa shape index (κ3) is 4.80. The standard InChI is InChI=1S/C21H24N4O5S/c26-20-14-30-19-10-9-17(12-18(19)24-20)31(28,29)25-11-5-4-8-16(25)13-22-21(27)23-15-6-2-1-3-7-15/h1-3,6-7,9-10,12,16H,4-5,8,11,13-14H2,(H,24,26)(H2,22,23,27). The van der Waals surface area contributed by atoms with Gasteiger partial charge in [0.15, 0.2) is 6.61 Å². The Morgan fingerprint density at radius 2 is 1.97 bits per heavy atom. The average molecular weight is 445 g/mol. The number of ether oxygens (including phenoxy) is 1. The monoisotopic (exact) mass is 444 g/mol. The summed E-state index contributed by atoms with van der Waals surface area (Å²) in [5, 5.41) is 8.15. The second-order valence-electron chi connectivity index (χ2n) is 7.46. The molecule has 31 heavy (non-hydrogen) atoms.